The number of rotatable bonds is 5. The average Bonchev–Trinajstić information content (AvgIpc) is 2.47. The minimum atomic E-state index is -0.227. The largest absolute Gasteiger partial charge is 0.394 e. The molecule has 1 amide bonds. The summed E-state index contributed by atoms with van der Waals surface area (Å²) in [5.74, 6) is 1.46. The zero-order valence-corrected chi connectivity index (χ0v) is 12.6. The summed E-state index contributed by atoms with van der Waals surface area (Å²) in [6, 6.07) is 8.35. The molecule has 110 valence electrons. The normalized spacial score (nSPS) is 19.1. The second-order valence-corrected chi connectivity index (χ2v) is 5.98. The summed E-state index contributed by atoms with van der Waals surface area (Å²) in [5.41, 5.74) is 2.49. The molecule has 1 heterocycles. The molecule has 1 unspecified atom stereocenters. The van der Waals surface area contributed by atoms with Gasteiger partial charge in [0.2, 0.25) is 5.91 Å². The molecular formula is C15H21NO3S. The van der Waals surface area contributed by atoms with Gasteiger partial charge in [0, 0.05) is 18.8 Å². The molecule has 20 heavy (non-hydrogen) atoms. The number of carbonyl (C=O) groups excluding carboxylic acids is 1. The zero-order valence-electron chi connectivity index (χ0n) is 11.7. The van der Waals surface area contributed by atoms with Gasteiger partial charge in [0.25, 0.3) is 0 Å². The summed E-state index contributed by atoms with van der Waals surface area (Å²) in [5, 5.41) is 9.07. The first-order valence-corrected chi connectivity index (χ1v) is 7.98. The van der Waals surface area contributed by atoms with E-state index in [9.17, 15) is 4.79 Å². The van der Waals surface area contributed by atoms with Crippen LogP contribution < -0.4 is 0 Å². The van der Waals surface area contributed by atoms with Crippen molar-refractivity contribution in [2.45, 2.75) is 18.8 Å². The number of hydrogen-bond donors (Lipinski definition) is 1. The van der Waals surface area contributed by atoms with E-state index in [1.807, 2.05) is 6.07 Å². The van der Waals surface area contributed by atoms with Crippen LogP contribution in [0.1, 0.15) is 11.1 Å². The predicted molar refractivity (Wildman–Crippen MR) is 80.7 cm³/mol. The van der Waals surface area contributed by atoms with Crippen LogP contribution in [0.4, 0.5) is 0 Å². The maximum absolute atomic E-state index is 12.1. The molecule has 1 N–H and O–H groups in total. The number of morpholine rings is 1. The highest BCUT2D eigenvalue weighted by molar-refractivity contribution is 7.99. The lowest BCUT2D eigenvalue weighted by molar-refractivity contribution is -0.137. The van der Waals surface area contributed by atoms with E-state index in [2.05, 4.69) is 25.1 Å². The molecule has 0 radical (unpaired) electrons. The minimum Gasteiger partial charge on any atom is -0.394 e. The van der Waals surface area contributed by atoms with Crippen molar-refractivity contribution in [3.05, 3.63) is 35.4 Å². The molecule has 1 aliphatic rings. The van der Waals surface area contributed by atoms with Gasteiger partial charge in [0.15, 0.2) is 0 Å². The Morgan fingerprint density at radius 2 is 2.40 bits per heavy atom. The quantitative estimate of drug-likeness (QED) is 0.893. The monoisotopic (exact) mass is 295 g/mol. The van der Waals surface area contributed by atoms with Gasteiger partial charge in [-0.2, -0.15) is 0 Å². The Balaban J connectivity index is 1.75. The van der Waals surface area contributed by atoms with Crippen LogP contribution in [-0.4, -0.2) is 54.1 Å². The van der Waals surface area contributed by atoms with E-state index in [1.165, 1.54) is 11.1 Å². The maximum atomic E-state index is 12.1. The molecule has 1 saturated heterocycles. The highest BCUT2D eigenvalue weighted by Gasteiger charge is 2.23. The summed E-state index contributed by atoms with van der Waals surface area (Å²) in [6.45, 7) is 3.68. The molecule has 0 aromatic heterocycles. The topological polar surface area (TPSA) is 49.8 Å². The fourth-order valence-corrected chi connectivity index (χ4v) is 3.08. The van der Waals surface area contributed by atoms with Crippen LogP contribution in [0, 0.1) is 6.92 Å². The molecule has 1 aromatic carbocycles. The van der Waals surface area contributed by atoms with Crippen LogP contribution >= 0.6 is 11.8 Å². The molecule has 1 aliphatic heterocycles. The number of aryl methyl sites for hydroxylation is 1. The number of thioether (sulfide) groups is 1. The molecule has 0 saturated carbocycles. The average molecular weight is 295 g/mol. The number of carbonyl (C=O) groups is 1. The Kier molecular flexibility index (Phi) is 5.88. The summed E-state index contributed by atoms with van der Waals surface area (Å²) >= 11 is 1.63. The summed E-state index contributed by atoms with van der Waals surface area (Å²) in [6.07, 6.45) is -0.227. The van der Waals surface area contributed by atoms with Gasteiger partial charge in [-0.25, -0.2) is 0 Å². The van der Waals surface area contributed by atoms with Crippen molar-refractivity contribution < 1.29 is 14.6 Å². The number of ether oxygens (including phenoxy) is 1. The van der Waals surface area contributed by atoms with Gasteiger partial charge in [0.1, 0.15) is 0 Å². The molecule has 5 heteroatoms. The van der Waals surface area contributed by atoms with Crippen LogP contribution in [0.3, 0.4) is 0 Å². The second kappa shape index (κ2) is 7.67. The molecular weight excluding hydrogens is 274 g/mol. The predicted octanol–water partition coefficient (Wildman–Crippen LogP) is 1.45. The SMILES string of the molecule is Cc1cccc(CSCC(=O)N2CCOC(CO)C2)c1. The standard InChI is InChI=1S/C15H21NO3S/c1-12-3-2-4-13(7-12)10-20-11-15(18)16-5-6-19-14(8-16)9-17/h2-4,7,14,17H,5-6,8-11H2,1H3. The molecule has 0 spiro atoms. The third-order valence-electron chi connectivity index (χ3n) is 3.27. The van der Waals surface area contributed by atoms with Crippen LogP contribution in [0.5, 0.6) is 0 Å². The van der Waals surface area contributed by atoms with Gasteiger partial charge >= 0.3 is 0 Å². The number of aliphatic hydroxyl groups is 1. The molecule has 4 nitrogen and oxygen atoms in total. The number of hydrogen-bond acceptors (Lipinski definition) is 4. The summed E-state index contributed by atoms with van der Waals surface area (Å²) in [7, 11) is 0. The fourth-order valence-electron chi connectivity index (χ4n) is 2.21. The van der Waals surface area contributed by atoms with Gasteiger partial charge in [-0.05, 0) is 12.5 Å². The molecule has 1 atom stereocenters. The van der Waals surface area contributed by atoms with Gasteiger partial charge in [-0.15, -0.1) is 11.8 Å². The summed E-state index contributed by atoms with van der Waals surface area (Å²) < 4.78 is 5.34. The van der Waals surface area contributed by atoms with Crippen molar-refractivity contribution in [3.8, 4) is 0 Å². The summed E-state index contributed by atoms with van der Waals surface area (Å²) in [4.78, 5) is 13.9. The van der Waals surface area contributed by atoms with Crippen LogP contribution in [-0.2, 0) is 15.3 Å². The van der Waals surface area contributed by atoms with E-state index in [4.69, 9.17) is 9.84 Å². The molecule has 0 aliphatic carbocycles. The third kappa shape index (κ3) is 4.51. The zero-order chi connectivity index (χ0) is 14.4. The van der Waals surface area contributed by atoms with Crippen LogP contribution in [0.2, 0.25) is 0 Å². The van der Waals surface area contributed by atoms with E-state index in [0.29, 0.717) is 25.4 Å². The van der Waals surface area contributed by atoms with Crippen molar-refractivity contribution >= 4 is 17.7 Å². The van der Waals surface area contributed by atoms with Gasteiger partial charge < -0.3 is 14.7 Å². The molecule has 1 fully saturated rings. The van der Waals surface area contributed by atoms with Crippen LogP contribution in [0.25, 0.3) is 0 Å². The Bertz CT molecular complexity index is 452. The Morgan fingerprint density at radius 3 is 3.15 bits per heavy atom. The molecule has 2 rings (SSSR count). The maximum Gasteiger partial charge on any atom is 0.232 e. The van der Waals surface area contributed by atoms with Crippen molar-refractivity contribution in [1.82, 2.24) is 4.90 Å². The Labute approximate surface area is 124 Å². The number of amides is 1. The Hall–Kier alpha value is -1.04. The molecule has 0 bridgehead atoms. The second-order valence-electron chi connectivity index (χ2n) is 5.00. The van der Waals surface area contributed by atoms with Crippen molar-refractivity contribution in [2.75, 3.05) is 32.1 Å². The first-order chi connectivity index (χ1) is 9.69. The van der Waals surface area contributed by atoms with Gasteiger partial charge in [0.05, 0.1) is 25.1 Å². The van der Waals surface area contributed by atoms with E-state index < -0.39 is 0 Å². The first-order valence-electron chi connectivity index (χ1n) is 6.82. The lowest BCUT2D eigenvalue weighted by atomic mass is 10.2. The van der Waals surface area contributed by atoms with E-state index in [0.717, 1.165) is 5.75 Å². The fraction of sp³-hybridized carbons (Fsp3) is 0.533. The van der Waals surface area contributed by atoms with Crippen molar-refractivity contribution in [2.24, 2.45) is 0 Å². The number of benzene rings is 1. The highest BCUT2D eigenvalue weighted by atomic mass is 32.2. The Morgan fingerprint density at radius 1 is 1.55 bits per heavy atom. The van der Waals surface area contributed by atoms with Gasteiger partial charge in [-0.1, -0.05) is 29.8 Å². The van der Waals surface area contributed by atoms with E-state index in [-0.39, 0.29) is 18.6 Å². The third-order valence-corrected chi connectivity index (χ3v) is 4.26. The smallest absolute Gasteiger partial charge is 0.232 e. The highest BCUT2D eigenvalue weighted by Crippen LogP contribution is 2.15. The van der Waals surface area contributed by atoms with E-state index >= 15 is 0 Å². The van der Waals surface area contributed by atoms with Gasteiger partial charge in [-0.3, -0.25) is 4.79 Å². The van der Waals surface area contributed by atoms with Crippen molar-refractivity contribution in [1.29, 1.82) is 0 Å². The first kappa shape index (κ1) is 15.4. The van der Waals surface area contributed by atoms with Crippen molar-refractivity contribution in [3.63, 3.8) is 0 Å². The molecule has 1 aromatic rings. The number of nitrogens with zero attached hydrogens (tertiary/aromatic N) is 1. The van der Waals surface area contributed by atoms with E-state index in [1.54, 1.807) is 16.7 Å². The lowest BCUT2D eigenvalue weighted by Crippen LogP contribution is -2.47. The minimum absolute atomic E-state index is 0.0276. The number of aliphatic hydroxyl groups excluding tert-OH is 1. The lowest BCUT2D eigenvalue weighted by Gasteiger charge is -2.32. The van der Waals surface area contributed by atoms with Crippen LogP contribution in [0.15, 0.2) is 24.3 Å².